The third kappa shape index (κ3) is 2.26. The van der Waals surface area contributed by atoms with Gasteiger partial charge in [-0.1, -0.05) is 35.0 Å². The molecule has 0 aliphatic rings. The molecule has 0 fully saturated rings. The predicted molar refractivity (Wildman–Crippen MR) is 67.6 cm³/mol. The molecule has 0 unspecified atom stereocenters. The van der Waals surface area contributed by atoms with Crippen molar-refractivity contribution in [3.05, 3.63) is 47.6 Å². The van der Waals surface area contributed by atoms with Gasteiger partial charge in [0.05, 0.1) is 6.54 Å². The van der Waals surface area contributed by atoms with E-state index in [0.717, 1.165) is 0 Å². The van der Waals surface area contributed by atoms with Crippen LogP contribution in [0.1, 0.15) is 10.5 Å². The summed E-state index contributed by atoms with van der Waals surface area (Å²) in [4.78, 5) is 11.1. The summed E-state index contributed by atoms with van der Waals surface area (Å²) in [5.74, 6) is -1.12. The number of hydrogen-bond acceptors (Lipinski definition) is 3. The molecule has 0 spiro atoms. The van der Waals surface area contributed by atoms with Crippen LogP contribution < -0.4 is 0 Å². The lowest BCUT2D eigenvalue weighted by atomic mass is 10.1. The van der Waals surface area contributed by atoms with Crippen LogP contribution >= 0.6 is 11.6 Å². The molecule has 0 atom stereocenters. The first-order valence-corrected chi connectivity index (χ1v) is 5.55. The summed E-state index contributed by atoms with van der Waals surface area (Å²) < 4.78 is 1.49. The molecule has 1 aromatic carbocycles. The fourth-order valence-corrected chi connectivity index (χ4v) is 1.73. The van der Waals surface area contributed by atoms with Crippen molar-refractivity contribution in [1.29, 1.82) is 0 Å². The molecule has 0 amide bonds. The summed E-state index contributed by atoms with van der Waals surface area (Å²) in [6.45, 7) is 3.99. The third-order valence-electron chi connectivity index (χ3n) is 2.36. The molecule has 1 aromatic heterocycles. The van der Waals surface area contributed by atoms with Crippen LogP contribution in [-0.4, -0.2) is 26.1 Å². The van der Waals surface area contributed by atoms with Crippen LogP contribution in [0.15, 0.2) is 36.9 Å². The van der Waals surface area contributed by atoms with Crippen molar-refractivity contribution in [2.24, 2.45) is 0 Å². The molecule has 1 heterocycles. The molecule has 2 aromatic rings. The number of aromatic nitrogens is 3. The van der Waals surface area contributed by atoms with Gasteiger partial charge in [0, 0.05) is 10.6 Å². The molecular formula is C12H10ClN3O2. The van der Waals surface area contributed by atoms with Crippen molar-refractivity contribution < 1.29 is 9.90 Å². The minimum atomic E-state index is -1.12. The van der Waals surface area contributed by atoms with Crippen LogP contribution in [-0.2, 0) is 6.54 Å². The number of hydrogen-bond donors (Lipinski definition) is 1. The Morgan fingerprint density at radius 1 is 1.44 bits per heavy atom. The van der Waals surface area contributed by atoms with Crippen molar-refractivity contribution in [3.63, 3.8) is 0 Å². The summed E-state index contributed by atoms with van der Waals surface area (Å²) in [5.41, 5.74) is 1.06. The van der Waals surface area contributed by atoms with E-state index in [1.165, 1.54) is 4.68 Å². The second-order valence-electron chi connectivity index (χ2n) is 3.57. The van der Waals surface area contributed by atoms with Crippen molar-refractivity contribution in [2.75, 3.05) is 0 Å². The van der Waals surface area contributed by atoms with Gasteiger partial charge in [-0.25, -0.2) is 9.48 Å². The zero-order valence-corrected chi connectivity index (χ0v) is 10.1. The Bertz CT molecular complexity index is 590. The number of halogens is 1. The maximum atomic E-state index is 11.1. The van der Waals surface area contributed by atoms with Gasteiger partial charge in [0.15, 0.2) is 5.69 Å². The highest BCUT2D eigenvalue weighted by Gasteiger charge is 2.19. The second-order valence-corrected chi connectivity index (χ2v) is 4.01. The number of carboxylic acid groups (broad SMARTS) is 1. The average Bonchev–Trinajstić information content (AvgIpc) is 2.75. The van der Waals surface area contributed by atoms with E-state index >= 15 is 0 Å². The quantitative estimate of drug-likeness (QED) is 0.861. The van der Waals surface area contributed by atoms with Gasteiger partial charge in [-0.05, 0) is 12.1 Å². The molecule has 2 rings (SSSR count). The van der Waals surface area contributed by atoms with Gasteiger partial charge >= 0.3 is 5.97 Å². The number of allylic oxidation sites excluding steroid dienone is 1. The number of benzene rings is 1. The van der Waals surface area contributed by atoms with Gasteiger partial charge in [0.1, 0.15) is 5.69 Å². The van der Waals surface area contributed by atoms with Crippen molar-refractivity contribution in [2.45, 2.75) is 6.54 Å². The summed E-state index contributed by atoms with van der Waals surface area (Å²) >= 11 is 5.81. The van der Waals surface area contributed by atoms with E-state index < -0.39 is 5.97 Å². The fraction of sp³-hybridized carbons (Fsp3) is 0.0833. The van der Waals surface area contributed by atoms with Gasteiger partial charge < -0.3 is 5.11 Å². The summed E-state index contributed by atoms with van der Waals surface area (Å²) in [6.07, 6.45) is 1.62. The minimum absolute atomic E-state index is 0.0841. The zero-order chi connectivity index (χ0) is 13.1. The Morgan fingerprint density at radius 2 is 2.11 bits per heavy atom. The van der Waals surface area contributed by atoms with E-state index in [0.29, 0.717) is 22.8 Å². The number of nitrogens with zero attached hydrogens (tertiary/aromatic N) is 3. The monoisotopic (exact) mass is 263 g/mol. The SMILES string of the molecule is C=CCn1nnc(C(=O)O)c1-c1ccc(Cl)cc1. The second kappa shape index (κ2) is 5.01. The van der Waals surface area contributed by atoms with Crippen LogP contribution in [0.3, 0.4) is 0 Å². The molecule has 18 heavy (non-hydrogen) atoms. The average molecular weight is 264 g/mol. The van der Waals surface area contributed by atoms with E-state index in [9.17, 15) is 4.79 Å². The van der Waals surface area contributed by atoms with Crippen LogP contribution in [0.2, 0.25) is 5.02 Å². The van der Waals surface area contributed by atoms with Crippen LogP contribution in [0.4, 0.5) is 0 Å². The molecule has 0 aliphatic carbocycles. The number of carboxylic acids is 1. The highest BCUT2D eigenvalue weighted by Crippen LogP contribution is 2.24. The Hall–Kier alpha value is -2.14. The normalized spacial score (nSPS) is 10.3. The Balaban J connectivity index is 2.58. The minimum Gasteiger partial charge on any atom is -0.476 e. The lowest BCUT2D eigenvalue weighted by molar-refractivity contribution is 0.0691. The summed E-state index contributed by atoms with van der Waals surface area (Å²) in [7, 11) is 0. The molecule has 0 saturated carbocycles. The Labute approximate surface area is 108 Å². The van der Waals surface area contributed by atoms with E-state index in [2.05, 4.69) is 16.9 Å². The molecule has 92 valence electrons. The molecule has 0 radical (unpaired) electrons. The van der Waals surface area contributed by atoms with Crippen LogP contribution in [0.5, 0.6) is 0 Å². The first-order valence-electron chi connectivity index (χ1n) is 5.17. The molecule has 0 saturated heterocycles. The largest absolute Gasteiger partial charge is 0.476 e. The van der Waals surface area contributed by atoms with Gasteiger partial charge in [-0.2, -0.15) is 0 Å². The Morgan fingerprint density at radius 3 is 2.67 bits per heavy atom. The zero-order valence-electron chi connectivity index (χ0n) is 9.38. The van der Waals surface area contributed by atoms with Gasteiger partial charge in [0.2, 0.25) is 0 Å². The third-order valence-corrected chi connectivity index (χ3v) is 2.61. The summed E-state index contributed by atoms with van der Waals surface area (Å²) in [5, 5.41) is 17.2. The van der Waals surface area contributed by atoms with Crippen molar-refractivity contribution in [3.8, 4) is 11.3 Å². The summed E-state index contributed by atoms with van der Waals surface area (Å²) in [6, 6.07) is 6.83. The fourth-order valence-electron chi connectivity index (χ4n) is 1.60. The van der Waals surface area contributed by atoms with E-state index in [4.69, 9.17) is 16.7 Å². The number of aromatic carboxylic acids is 1. The van der Waals surface area contributed by atoms with Gasteiger partial charge in [-0.3, -0.25) is 0 Å². The lowest BCUT2D eigenvalue weighted by Gasteiger charge is -2.05. The number of rotatable bonds is 4. The lowest BCUT2D eigenvalue weighted by Crippen LogP contribution is -2.03. The topological polar surface area (TPSA) is 68.0 Å². The highest BCUT2D eigenvalue weighted by atomic mass is 35.5. The van der Waals surface area contributed by atoms with Crippen LogP contribution in [0, 0.1) is 0 Å². The van der Waals surface area contributed by atoms with E-state index in [1.54, 1.807) is 30.3 Å². The smallest absolute Gasteiger partial charge is 0.358 e. The molecular weight excluding hydrogens is 254 g/mol. The predicted octanol–water partition coefficient (Wildman–Crippen LogP) is 2.48. The standard InChI is InChI=1S/C12H10ClN3O2/c1-2-7-16-11(10(12(17)18)14-15-16)8-3-5-9(13)6-4-8/h2-6H,1,7H2,(H,17,18). The van der Waals surface area contributed by atoms with Crippen molar-refractivity contribution >= 4 is 17.6 Å². The molecule has 0 bridgehead atoms. The molecule has 6 heteroatoms. The molecule has 0 aliphatic heterocycles. The first-order chi connectivity index (χ1) is 8.63. The Kier molecular flexibility index (Phi) is 3.43. The van der Waals surface area contributed by atoms with Gasteiger partial charge in [-0.15, -0.1) is 11.7 Å². The highest BCUT2D eigenvalue weighted by molar-refractivity contribution is 6.30. The first kappa shape index (κ1) is 12.3. The van der Waals surface area contributed by atoms with Crippen molar-refractivity contribution in [1.82, 2.24) is 15.0 Å². The number of carbonyl (C=O) groups is 1. The van der Waals surface area contributed by atoms with E-state index in [1.807, 2.05) is 0 Å². The maximum absolute atomic E-state index is 11.1. The molecule has 1 N–H and O–H groups in total. The molecule has 5 nitrogen and oxygen atoms in total. The van der Waals surface area contributed by atoms with E-state index in [-0.39, 0.29) is 5.69 Å². The maximum Gasteiger partial charge on any atom is 0.358 e. The van der Waals surface area contributed by atoms with Gasteiger partial charge in [0.25, 0.3) is 0 Å². The van der Waals surface area contributed by atoms with Crippen LogP contribution in [0.25, 0.3) is 11.3 Å².